The molecular formula is C18H18ClN3O4. The van der Waals surface area contributed by atoms with Gasteiger partial charge in [0.25, 0.3) is 5.91 Å². The molecular weight excluding hydrogens is 358 g/mol. The van der Waals surface area contributed by atoms with Gasteiger partial charge in [-0.15, -0.1) is 10.2 Å². The van der Waals surface area contributed by atoms with Crippen molar-refractivity contribution < 1.29 is 19.7 Å². The Morgan fingerprint density at radius 3 is 2.58 bits per heavy atom. The lowest BCUT2D eigenvalue weighted by Crippen LogP contribution is -2.16. The Morgan fingerprint density at radius 1 is 1.19 bits per heavy atom. The van der Waals surface area contributed by atoms with E-state index in [1.807, 2.05) is 0 Å². The Morgan fingerprint density at radius 2 is 1.88 bits per heavy atom. The van der Waals surface area contributed by atoms with Crippen molar-refractivity contribution in [3.63, 3.8) is 0 Å². The van der Waals surface area contributed by atoms with E-state index in [1.165, 1.54) is 6.92 Å². The molecule has 0 bridgehead atoms. The minimum absolute atomic E-state index is 0.0841. The monoisotopic (exact) mass is 375 g/mol. The molecule has 0 atom stereocenters. The smallest absolute Gasteiger partial charge is 0.279 e. The molecule has 0 spiro atoms. The van der Waals surface area contributed by atoms with Crippen LogP contribution in [0.4, 0.5) is 11.4 Å². The Bertz CT molecular complexity index is 833. The van der Waals surface area contributed by atoms with E-state index in [9.17, 15) is 9.90 Å². The van der Waals surface area contributed by atoms with Crippen LogP contribution in [0.25, 0.3) is 0 Å². The number of amides is 1. The van der Waals surface area contributed by atoms with Crippen molar-refractivity contribution in [2.75, 3.05) is 18.5 Å². The summed E-state index contributed by atoms with van der Waals surface area (Å²) in [6, 6.07) is 13.4. The van der Waals surface area contributed by atoms with E-state index in [0.29, 0.717) is 22.1 Å². The molecule has 0 fully saturated rings. The minimum Gasteiger partial charge on any atom is -0.510 e. The number of benzene rings is 2. The number of hydrogen-bond acceptors (Lipinski definition) is 6. The predicted molar refractivity (Wildman–Crippen MR) is 98.9 cm³/mol. The number of para-hydroxylation sites is 2. The second-order valence-corrected chi connectivity index (χ2v) is 5.51. The number of rotatable bonds is 7. The lowest BCUT2D eigenvalue weighted by Gasteiger charge is -2.11. The number of aliphatic hydroxyl groups excluding tert-OH is 2. The number of carbonyl (C=O) groups is 1. The van der Waals surface area contributed by atoms with Crippen LogP contribution in [0.5, 0.6) is 5.75 Å². The van der Waals surface area contributed by atoms with Crippen LogP contribution in [0.1, 0.15) is 6.92 Å². The Balaban J connectivity index is 2.21. The summed E-state index contributed by atoms with van der Waals surface area (Å²) in [4.78, 5) is 12.5. The molecule has 0 aromatic heterocycles. The average molecular weight is 376 g/mol. The van der Waals surface area contributed by atoms with E-state index >= 15 is 0 Å². The topological polar surface area (TPSA) is 104 Å². The fourth-order valence-corrected chi connectivity index (χ4v) is 2.13. The highest BCUT2D eigenvalue weighted by Gasteiger charge is 2.15. The molecule has 1 amide bonds. The molecule has 7 nitrogen and oxygen atoms in total. The standard InChI is InChI=1S/C18H18ClN3O4/c1-12(24)17(22-21-14-7-3-2-6-13(14)19)18(25)20-15-8-4-5-9-16(15)26-11-10-23/h2-9,23-24H,10-11H2,1H3,(H,20,25)/b17-12+,22-21?. The number of allylic oxidation sites excluding steroid dienone is 1. The van der Waals surface area contributed by atoms with Crippen LogP contribution in [-0.2, 0) is 4.79 Å². The number of ether oxygens (including phenoxy) is 1. The summed E-state index contributed by atoms with van der Waals surface area (Å²) in [7, 11) is 0. The molecule has 26 heavy (non-hydrogen) atoms. The van der Waals surface area contributed by atoms with Gasteiger partial charge in [0, 0.05) is 0 Å². The fourth-order valence-electron chi connectivity index (χ4n) is 1.95. The van der Waals surface area contributed by atoms with Crippen LogP contribution < -0.4 is 10.1 Å². The largest absolute Gasteiger partial charge is 0.510 e. The maximum Gasteiger partial charge on any atom is 0.279 e. The third-order valence-electron chi connectivity index (χ3n) is 3.15. The van der Waals surface area contributed by atoms with Crippen molar-refractivity contribution in [2.45, 2.75) is 6.92 Å². The molecule has 0 unspecified atom stereocenters. The van der Waals surface area contributed by atoms with Gasteiger partial charge in [0.2, 0.25) is 0 Å². The van der Waals surface area contributed by atoms with Crippen LogP contribution in [-0.4, -0.2) is 29.3 Å². The first-order chi connectivity index (χ1) is 12.5. The number of nitrogens with zero attached hydrogens (tertiary/aromatic N) is 2. The van der Waals surface area contributed by atoms with Gasteiger partial charge in [0.05, 0.1) is 17.3 Å². The number of carbonyl (C=O) groups excluding carboxylic acids is 1. The number of halogens is 1. The third kappa shape index (κ3) is 5.30. The molecule has 0 radical (unpaired) electrons. The molecule has 0 aliphatic heterocycles. The lowest BCUT2D eigenvalue weighted by molar-refractivity contribution is -0.113. The van der Waals surface area contributed by atoms with Crippen LogP contribution >= 0.6 is 11.6 Å². The van der Waals surface area contributed by atoms with Gasteiger partial charge in [0.1, 0.15) is 23.8 Å². The number of anilines is 1. The average Bonchev–Trinajstić information content (AvgIpc) is 2.62. The van der Waals surface area contributed by atoms with Gasteiger partial charge in [-0.25, -0.2) is 0 Å². The number of azo groups is 1. The first-order valence-corrected chi connectivity index (χ1v) is 8.11. The zero-order valence-electron chi connectivity index (χ0n) is 14.0. The van der Waals surface area contributed by atoms with Gasteiger partial charge >= 0.3 is 0 Å². The van der Waals surface area contributed by atoms with Gasteiger partial charge in [0.15, 0.2) is 5.70 Å². The summed E-state index contributed by atoms with van der Waals surface area (Å²) < 4.78 is 5.36. The van der Waals surface area contributed by atoms with Gasteiger partial charge in [-0.05, 0) is 31.2 Å². The van der Waals surface area contributed by atoms with Gasteiger partial charge in [-0.1, -0.05) is 35.9 Å². The summed E-state index contributed by atoms with van der Waals surface area (Å²) in [5, 5.41) is 29.4. The molecule has 0 saturated carbocycles. The van der Waals surface area contributed by atoms with E-state index in [2.05, 4.69) is 15.5 Å². The van der Waals surface area contributed by atoms with Crippen LogP contribution in [0.15, 0.2) is 70.2 Å². The summed E-state index contributed by atoms with van der Waals surface area (Å²) in [5.74, 6) is -0.583. The highest BCUT2D eigenvalue weighted by Crippen LogP contribution is 2.27. The van der Waals surface area contributed by atoms with Crippen molar-refractivity contribution >= 4 is 28.9 Å². The van der Waals surface area contributed by atoms with E-state index < -0.39 is 5.91 Å². The zero-order chi connectivity index (χ0) is 18.9. The summed E-state index contributed by atoms with van der Waals surface area (Å²) in [5.41, 5.74) is 0.479. The molecule has 0 aliphatic carbocycles. The molecule has 0 heterocycles. The number of hydrogen-bond donors (Lipinski definition) is 3. The molecule has 136 valence electrons. The first kappa shape index (κ1) is 19.4. The molecule has 2 rings (SSSR count). The maximum absolute atomic E-state index is 12.5. The van der Waals surface area contributed by atoms with E-state index in [4.69, 9.17) is 21.4 Å². The fraction of sp³-hybridized carbons (Fsp3) is 0.167. The summed E-state index contributed by atoms with van der Waals surface area (Å²) in [6.45, 7) is 1.25. The van der Waals surface area contributed by atoms with Crippen molar-refractivity contribution in [1.82, 2.24) is 0 Å². The Hall–Kier alpha value is -2.90. The van der Waals surface area contributed by atoms with Crippen molar-refractivity contribution in [2.24, 2.45) is 10.2 Å². The molecule has 2 aromatic rings. The second-order valence-electron chi connectivity index (χ2n) is 5.11. The Kier molecular flexibility index (Phi) is 7.13. The van der Waals surface area contributed by atoms with Crippen molar-refractivity contribution in [3.8, 4) is 5.75 Å². The quantitative estimate of drug-likeness (QED) is 0.383. The van der Waals surface area contributed by atoms with E-state index in [1.54, 1.807) is 48.5 Å². The lowest BCUT2D eigenvalue weighted by atomic mass is 10.2. The van der Waals surface area contributed by atoms with Crippen molar-refractivity contribution in [1.29, 1.82) is 0 Å². The first-order valence-electron chi connectivity index (χ1n) is 7.73. The Labute approximate surface area is 155 Å². The SMILES string of the molecule is C/C(O)=C(\N=Nc1ccccc1Cl)C(=O)Nc1ccccc1OCCO. The number of aliphatic hydroxyl groups is 2. The summed E-state index contributed by atoms with van der Waals surface area (Å²) >= 11 is 6.00. The molecule has 0 saturated heterocycles. The van der Waals surface area contributed by atoms with Gasteiger partial charge in [-0.3, -0.25) is 4.79 Å². The molecule has 3 N–H and O–H groups in total. The molecule has 8 heteroatoms. The highest BCUT2D eigenvalue weighted by atomic mass is 35.5. The van der Waals surface area contributed by atoms with Crippen LogP contribution in [0.2, 0.25) is 5.02 Å². The van der Waals surface area contributed by atoms with Gasteiger partial charge in [-0.2, -0.15) is 0 Å². The third-order valence-corrected chi connectivity index (χ3v) is 3.47. The van der Waals surface area contributed by atoms with Crippen molar-refractivity contribution in [3.05, 3.63) is 65.0 Å². The van der Waals surface area contributed by atoms with Gasteiger partial charge < -0.3 is 20.3 Å². The number of nitrogens with one attached hydrogen (secondary N) is 1. The minimum atomic E-state index is -0.666. The maximum atomic E-state index is 12.5. The molecule has 0 aliphatic rings. The predicted octanol–water partition coefficient (Wildman–Crippen LogP) is 4.22. The highest BCUT2D eigenvalue weighted by molar-refractivity contribution is 6.32. The molecule has 2 aromatic carbocycles. The van der Waals surface area contributed by atoms with Crippen LogP contribution in [0.3, 0.4) is 0 Å². The second kappa shape index (κ2) is 9.55. The normalized spacial score (nSPS) is 12.0. The van der Waals surface area contributed by atoms with E-state index in [-0.39, 0.29) is 24.7 Å². The summed E-state index contributed by atoms with van der Waals surface area (Å²) in [6.07, 6.45) is 0. The van der Waals surface area contributed by atoms with E-state index in [0.717, 1.165) is 0 Å². The van der Waals surface area contributed by atoms with Crippen LogP contribution in [0, 0.1) is 0 Å². The zero-order valence-corrected chi connectivity index (χ0v) is 14.8.